The number of hydrogen-bond donors (Lipinski definition) is 2. The van der Waals surface area contributed by atoms with Crippen LogP contribution < -0.4 is 11.1 Å². The van der Waals surface area contributed by atoms with Gasteiger partial charge in [-0.1, -0.05) is 20.3 Å². The van der Waals surface area contributed by atoms with Crippen LogP contribution in [0, 0.1) is 5.92 Å². The maximum Gasteiger partial charge on any atom is 0.223 e. The highest BCUT2D eigenvalue weighted by Crippen LogP contribution is 2.04. The molecule has 4 nitrogen and oxygen atoms in total. The van der Waals surface area contributed by atoms with Crippen molar-refractivity contribution in [3.63, 3.8) is 0 Å². The molecular formula is C11H22N2O2. The van der Waals surface area contributed by atoms with Crippen molar-refractivity contribution < 1.29 is 9.59 Å². The highest BCUT2D eigenvalue weighted by atomic mass is 16.2. The van der Waals surface area contributed by atoms with E-state index in [4.69, 9.17) is 5.73 Å². The van der Waals surface area contributed by atoms with Gasteiger partial charge >= 0.3 is 0 Å². The fraction of sp³-hybridized carbons (Fsp3) is 0.818. The Labute approximate surface area is 91.6 Å². The molecule has 0 aliphatic heterocycles. The molecule has 0 fully saturated rings. The Balaban J connectivity index is 4.15. The summed E-state index contributed by atoms with van der Waals surface area (Å²) in [6.07, 6.45) is 2.24. The molecular weight excluding hydrogens is 192 g/mol. The summed E-state index contributed by atoms with van der Waals surface area (Å²) in [5.74, 6) is -0.173. The molecule has 4 heteroatoms. The van der Waals surface area contributed by atoms with E-state index in [0.29, 0.717) is 19.4 Å². The molecule has 0 bridgehead atoms. The zero-order valence-electron chi connectivity index (χ0n) is 9.88. The molecule has 0 aromatic carbocycles. The van der Waals surface area contributed by atoms with Crippen molar-refractivity contribution in [1.82, 2.24) is 5.32 Å². The van der Waals surface area contributed by atoms with Crippen LogP contribution >= 0.6 is 0 Å². The first-order chi connectivity index (χ1) is 7.02. The molecule has 0 spiro atoms. The van der Waals surface area contributed by atoms with Crippen LogP contribution in [0.25, 0.3) is 0 Å². The lowest BCUT2D eigenvalue weighted by atomic mass is 10.0. The molecule has 15 heavy (non-hydrogen) atoms. The number of rotatable bonds is 7. The number of Topliss-reactive ketones (excluding diaryl/α,β-unsaturated/α-hetero) is 1. The maximum atomic E-state index is 11.6. The molecule has 1 amide bonds. The average Bonchev–Trinajstić information content (AvgIpc) is 2.17. The smallest absolute Gasteiger partial charge is 0.223 e. The third-order valence-corrected chi connectivity index (χ3v) is 2.43. The third-order valence-electron chi connectivity index (χ3n) is 2.43. The van der Waals surface area contributed by atoms with Crippen molar-refractivity contribution in [2.75, 3.05) is 6.54 Å². The molecule has 0 saturated carbocycles. The van der Waals surface area contributed by atoms with Crippen molar-refractivity contribution in [1.29, 1.82) is 0 Å². The van der Waals surface area contributed by atoms with E-state index in [1.54, 1.807) is 0 Å². The minimum Gasteiger partial charge on any atom is -0.346 e. The summed E-state index contributed by atoms with van der Waals surface area (Å²) in [7, 11) is 0. The van der Waals surface area contributed by atoms with Crippen molar-refractivity contribution >= 4 is 11.7 Å². The summed E-state index contributed by atoms with van der Waals surface area (Å²) in [4.78, 5) is 22.8. The summed E-state index contributed by atoms with van der Waals surface area (Å²) >= 11 is 0. The maximum absolute atomic E-state index is 11.6. The number of carbonyl (C=O) groups excluding carboxylic acids is 2. The predicted molar refractivity (Wildman–Crippen MR) is 60.4 cm³/mol. The first-order valence-electron chi connectivity index (χ1n) is 5.53. The Kier molecular flexibility index (Phi) is 6.96. The molecule has 0 aliphatic rings. The summed E-state index contributed by atoms with van der Waals surface area (Å²) in [5, 5.41) is 2.76. The highest BCUT2D eigenvalue weighted by Gasteiger charge is 2.19. The highest BCUT2D eigenvalue weighted by molar-refractivity contribution is 5.88. The van der Waals surface area contributed by atoms with Gasteiger partial charge in [0.25, 0.3) is 0 Å². The van der Waals surface area contributed by atoms with Gasteiger partial charge in [-0.2, -0.15) is 0 Å². The molecule has 0 radical (unpaired) electrons. The Morgan fingerprint density at radius 1 is 1.33 bits per heavy atom. The van der Waals surface area contributed by atoms with Crippen molar-refractivity contribution in [2.45, 2.75) is 46.1 Å². The van der Waals surface area contributed by atoms with Crippen LogP contribution in [0.1, 0.15) is 40.0 Å². The van der Waals surface area contributed by atoms with Gasteiger partial charge in [-0.15, -0.1) is 0 Å². The normalized spacial score (nSPS) is 14.4. The predicted octanol–water partition coefficient (Wildman–Crippen LogP) is 0.845. The summed E-state index contributed by atoms with van der Waals surface area (Å²) in [5.41, 5.74) is 5.37. The fourth-order valence-electron chi connectivity index (χ4n) is 1.36. The van der Waals surface area contributed by atoms with Gasteiger partial charge in [0, 0.05) is 5.92 Å². The second kappa shape index (κ2) is 7.40. The second-order valence-corrected chi connectivity index (χ2v) is 3.94. The van der Waals surface area contributed by atoms with Crippen LogP contribution in [-0.4, -0.2) is 24.3 Å². The molecule has 0 aromatic rings. The summed E-state index contributed by atoms with van der Waals surface area (Å²) in [6, 6.07) is -0.331. The summed E-state index contributed by atoms with van der Waals surface area (Å²) in [6.45, 7) is 5.82. The quantitative estimate of drug-likeness (QED) is 0.659. The van der Waals surface area contributed by atoms with Crippen LogP contribution in [0.4, 0.5) is 0 Å². The topological polar surface area (TPSA) is 72.2 Å². The molecule has 3 N–H and O–H groups in total. The number of ketones is 1. The lowest BCUT2D eigenvalue weighted by Gasteiger charge is -2.18. The van der Waals surface area contributed by atoms with Gasteiger partial charge in [-0.25, -0.2) is 0 Å². The first kappa shape index (κ1) is 14.1. The largest absolute Gasteiger partial charge is 0.346 e. The second-order valence-electron chi connectivity index (χ2n) is 3.94. The molecule has 0 unspecified atom stereocenters. The Bertz CT molecular complexity index is 217. The number of nitrogens with two attached hydrogens (primary N) is 1. The Hall–Kier alpha value is -0.900. The van der Waals surface area contributed by atoms with E-state index in [2.05, 4.69) is 5.32 Å². The van der Waals surface area contributed by atoms with Crippen molar-refractivity contribution in [3.05, 3.63) is 0 Å². The molecule has 0 heterocycles. The molecule has 2 atom stereocenters. The van der Waals surface area contributed by atoms with Crippen LogP contribution in [0.3, 0.4) is 0 Å². The SMILES string of the molecule is CCC[C@H](NC(=O)[C@@H](C)CCN)C(C)=O. The van der Waals surface area contributed by atoms with Gasteiger partial charge in [0.05, 0.1) is 6.04 Å². The number of hydrogen-bond acceptors (Lipinski definition) is 3. The van der Waals surface area contributed by atoms with Crippen molar-refractivity contribution in [3.8, 4) is 0 Å². The zero-order valence-corrected chi connectivity index (χ0v) is 9.88. The van der Waals surface area contributed by atoms with E-state index in [9.17, 15) is 9.59 Å². The van der Waals surface area contributed by atoms with Gasteiger partial charge in [-0.05, 0) is 26.3 Å². The molecule has 0 aliphatic carbocycles. The van der Waals surface area contributed by atoms with Crippen LogP contribution in [0.2, 0.25) is 0 Å². The van der Waals surface area contributed by atoms with E-state index in [0.717, 1.165) is 6.42 Å². The van der Waals surface area contributed by atoms with Gasteiger partial charge in [-0.3, -0.25) is 9.59 Å². The molecule has 0 saturated heterocycles. The van der Waals surface area contributed by atoms with E-state index in [-0.39, 0.29) is 23.7 Å². The monoisotopic (exact) mass is 214 g/mol. The van der Waals surface area contributed by atoms with Gasteiger partial charge in [0.2, 0.25) is 5.91 Å². The van der Waals surface area contributed by atoms with Crippen LogP contribution in [0.5, 0.6) is 0 Å². The molecule has 0 rings (SSSR count). The lowest BCUT2D eigenvalue weighted by Crippen LogP contribution is -2.42. The zero-order chi connectivity index (χ0) is 11.8. The summed E-state index contributed by atoms with van der Waals surface area (Å²) < 4.78 is 0. The fourth-order valence-corrected chi connectivity index (χ4v) is 1.36. The van der Waals surface area contributed by atoms with Crippen LogP contribution in [0.15, 0.2) is 0 Å². The molecule has 88 valence electrons. The Morgan fingerprint density at radius 3 is 2.33 bits per heavy atom. The van der Waals surface area contributed by atoms with E-state index in [1.807, 2.05) is 13.8 Å². The first-order valence-corrected chi connectivity index (χ1v) is 5.53. The molecule has 0 aromatic heterocycles. The minimum absolute atomic E-state index is 0.0187. The van der Waals surface area contributed by atoms with Crippen molar-refractivity contribution in [2.24, 2.45) is 11.7 Å². The lowest BCUT2D eigenvalue weighted by molar-refractivity contribution is -0.129. The number of carbonyl (C=O) groups is 2. The number of nitrogens with one attached hydrogen (secondary N) is 1. The van der Waals surface area contributed by atoms with E-state index >= 15 is 0 Å². The van der Waals surface area contributed by atoms with Gasteiger partial charge in [0.15, 0.2) is 5.78 Å². The Morgan fingerprint density at radius 2 is 1.93 bits per heavy atom. The third kappa shape index (κ3) is 5.52. The van der Waals surface area contributed by atoms with Gasteiger partial charge in [0.1, 0.15) is 0 Å². The minimum atomic E-state index is -0.331. The van der Waals surface area contributed by atoms with E-state index < -0.39 is 0 Å². The van der Waals surface area contributed by atoms with Gasteiger partial charge < -0.3 is 11.1 Å². The number of amides is 1. The standard InChI is InChI=1S/C11H22N2O2/c1-4-5-10(9(3)14)13-11(15)8(2)6-7-12/h8,10H,4-7,12H2,1-3H3,(H,13,15)/t8-,10-/m0/s1. The van der Waals surface area contributed by atoms with Crippen LogP contribution in [-0.2, 0) is 9.59 Å². The average molecular weight is 214 g/mol. The van der Waals surface area contributed by atoms with E-state index in [1.165, 1.54) is 6.92 Å².